The van der Waals surface area contributed by atoms with E-state index in [2.05, 4.69) is 10.1 Å². The summed E-state index contributed by atoms with van der Waals surface area (Å²) in [7, 11) is 0. The van der Waals surface area contributed by atoms with Gasteiger partial charge in [0.25, 0.3) is 11.5 Å². The van der Waals surface area contributed by atoms with Crippen LogP contribution in [0.4, 0.5) is 5.69 Å². The van der Waals surface area contributed by atoms with Crippen molar-refractivity contribution in [2.45, 2.75) is 13.8 Å². The zero-order valence-corrected chi connectivity index (χ0v) is 13.2. The molecule has 124 valence electrons. The van der Waals surface area contributed by atoms with Crippen molar-refractivity contribution in [3.8, 4) is 0 Å². The number of aromatic amines is 1. The highest BCUT2D eigenvalue weighted by molar-refractivity contribution is 6.21. The van der Waals surface area contributed by atoms with Crippen LogP contribution in [0, 0.1) is 12.3 Å². The van der Waals surface area contributed by atoms with Gasteiger partial charge < -0.3 is 10.8 Å². The Hall–Kier alpha value is -3.42. The van der Waals surface area contributed by atoms with Crippen LogP contribution in [-0.2, 0) is 4.79 Å². The summed E-state index contributed by atoms with van der Waals surface area (Å²) in [5.74, 6) is -1.16. The van der Waals surface area contributed by atoms with Crippen molar-refractivity contribution in [2.24, 2.45) is 10.7 Å². The normalized spacial score (nSPS) is 13.3. The lowest BCUT2D eigenvalue weighted by Crippen LogP contribution is -2.31. The van der Waals surface area contributed by atoms with Gasteiger partial charge in [0.05, 0.1) is 11.3 Å². The quantitative estimate of drug-likeness (QED) is 0.466. The maximum absolute atomic E-state index is 12.2. The Kier molecular flexibility index (Phi) is 4.78. The Morgan fingerprint density at radius 3 is 2.62 bits per heavy atom. The fraction of sp³-hybridized carbons (Fsp3) is 0.125. The Labute approximate surface area is 137 Å². The Bertz CT molecular complexity index is 914. The number of nitrogens with two attached hydrogens (primary N) is 1. The second kappa shape index (κ2) is 6.78. The van der Waals surface area contributed by atoms with Crippen LogP contribution in [-0.4, -0.2) is 33.0 Å². The first-order valence-corrected chi connectivity index (χ1v) is 7.02. The van der Waals surface area contributed by atoms with Gasteiger partial charge in [0.1, 0.15) is 0 Å². The average Bonchev–Trinajstić information content (AvgIpc) is 3.03. The first-order chi connectivity index (χ1) is 11.3. The number of nitrogens with zero attached hydrogens (tertiary/aromatic N) is 2. The van der Waals surface area contributed by atoms with E-state index in [0.717, 1.165) is 28.4 Å². The average molecular weight is 327 g/mol. The lowest BCUT2D eigenvalue weighted by atomic mass is 10.0. The van der Waals surface area contributed by atoms with E-state index >= 15 is 0 Å². The molecule has 0 amide bonds. The van der Waals surface area contributed by atoms with Gasteiger partial charge >= 0.3 is 0 Å². The van der Waals surface area contributed by atoms with Gasteiger partial charge in [-0.15, -0.1) is 0 Å². The molecule has 0 aliphatic carbocycles. The Morgan fingerprint density at radius 2 is 2.04 bits per heavy atom. The lowest BCUT2D eigenvalue weighted by Gasteiger charge is -1.97. The maximum Gasteiger partial charge on any atom is 0.300 e. The number of carbonyl (C=O) groups is 1. The summed E-state index contributed by atoms with van der Waals surface area (Å²) >= 11 is 0. The van der Waals surface area contributed by atoms with Crippen LogP contribution in [0.3, 0.4) is 0 Å². The van der Waals surface area contributed by atoms with Gasteiger partial charge in [-0.05, 0) is 19.1 Å². The molecule has 0 fully saturated rings. The van der Waals surface area contributed by atoms with E-state index in [9.17, 15) is 4.79 Å². The minimum atomic E-state index is -0.833. The molecule has 0 saturated heterocycles. The SMILES string of the molecule is CC(=O)O.Cc1[nH]n(C(=N)N)c(=O)c1/C=C1\C=Nc2ccccc21. The largest absolute Gasteiger partial charge is 0.481 e. The fourth-order valence-electron chi connectivity index (χ4n) is 2.21. The first-order valence-electron chi connectivity index (χ1n) is 7.02. The number of aromatic nitrogens is 2. The molecule has 8 nitrogen and oxygen atoms in total. The molecule has 8 heteroatoms. The summed E-state index contributed by atoms with van der Waals surface area (Å²) < 4.78 is 1.01. The number of benzene rings is 1. The molecule has 2 aromatic rings. The van der Waals surface area contributed by atoms with Gasteiger partial charge in [-0.1, -0.05) is 18.2 Å². The highest BCUT2D eigenvalue weighted by Gasteiger charge is 2.15. The summed E-state index contributed by atoms with van der Waals surface area (Å²) in [5, 5.41) is 17.5. The number of hydrogen-bond donors (Lipinski definition) is 4. The molecule has 0 unspecified atom stereocenters. The third-order valence-corrected chi connectivity index (χ3v) is 3.22. The van der Waals surface area contributed by atoms with E-state index in [-0.39, 0.29) is 11.5 Å². The molecule has 3 rings (SSSR count). The van der Waals surface area contributed by atoms with Gasteiger partial charge in [-0.3, -0.25) is 25.1 Å². The van der Waals surface area contributed by atoms with E-state index in [1.54, 1.807) is 19.2 Å². The third kappa shape index (κ3) is 3.49. The predicted octanol–water partition coefficient (Wildman–Crippen LogP) is 1.57. The molecule has 2 heterocycles. The minimum absolute atomic E-state index is 0.330. The van der Waals surface area contributed by atoms with Crippen molar-refractivity contribution in [2.75, 3.05) is 0 Å². The Balaban J connectivity index is 0.000000471. The van der Waals surface area contributed by atoms with E-state index in [1.807, 2.05) is 24.3 Å². The van der Waals surface area contributed by atoms with Crippen LogP contribution in [0.5, 0.6) is 0 Å². The number of fused-ring (bicyclic) bond motifs is 1. The highest BCUT2D eigenvalue weighted by Crippen LogP contribution is 2.31. The summed E-state index contributed by atoms with van der Waals surface area (Å²) in [4.78, 5) is 25.5. The molecule has 0 spiro atoms. The molecule has 1 aromatic heterocycles. The van der Waals surface area contributed by atoms with Gasteiger partial charge in [0.15, 0.2) is 0 Å². The molecule has 0 bridgehead atoms. The zero-order valence-electron chi connectivity index (χ0n) is 13.2. The van der Waals surface area contributed by atoms with E-state index in [0.29, 0.717) is 11.3 Å². The van der Waals surface area contributed by atoms with Gasteiger partial charge in [0, 0.05) is 30.0 Å². The molecule has 0 saturated carbocycles. The van der Waals surface area contributed by atoms with Gasteiger partial charge in [0.2, 0.25) is 5.96 Å². The first kappa shape index (κ1) is 16.9. The maximum atomic E-state index is 12.2. The van der Waals surface area contributed by atoms with Crippen LogP contribution >= 0.6 is 0 Å². The second-order valence-corrected chi connectivity index (χ2v) is 5.07. The number of aliphatic imine (C=N–C) groups is 1. The lowest BCUT2D eigenvalue weighted by molar-refractivity contribution is -0.134. The summed E-state index contributed by atoms with van der Waals surface area (Å²) in [6, 6.07) is 7.73. The van der Waals surface area contributed by atoms with Crippen molar-refractivity contribution in [3.63, 3.8) is 0 Å². The summed E-state index contributed by atoms with van der Waals surface area (Å²) in [6.07, 6.45) is 3.50. The summed E-state index contributed by atoms with van der Waals surface area (Å²) in [6.45, 7) is 2.85. The molecule has 1 aliphatic rings. The van der Waals surface area contributed by atoms with Crippen molar-refractivity contribution < 1.29 is 9.90 Å². The topological polar surface area (TPSA) is 137 Å². The number of nitrogens with one attached hydrogen (secondary N) is 2. The molecule has 0 atom stereocenters. The monoisotopic (exact) mass is 327 g/mol. The second-order valence-electron chi connectivity index (χ2n) is 5.07. The molecular formula is C16H17N5O3. The van der Waals surface area contributed by atoms with Crippen molar-refractivity contribution in [1.82, 2.24) is 9.78 Å². The van der Waals surface area contributed by atoms with Crippen molar-refractivity contribution >= 4 is 35.5 Å². The van der Waals surface area contributed by atoms with Crippen LogP contribution in [0.2, 0.25) is 0 Å². The van der Waals surface area contributed by atoms with Crippen molar-refractivity contribution in [1.29, 1.82) is 5.41 Å². The number of aliphatic carboxylic acids is 1. The van der Waals surface area contributed by atoms with Gasteiger partial charge in [-0.2, -0.15) is 4.68 Å². The third-order valence-electron chi connectivity index (χ3n) is 3.22. The van der Waals surface area contributed by atoms with E-state index in [1.165, 1.54) is 0 Å². The number of H-pyrrole nitrogens is 1. The van der Waals surface area contributed by atoms with Crippen LogP contribution in [0.25, 0.3) is 11.6 Å². The summed E-state index contributed by atoms with van der Waals surface area (Å²) in [5.41, 5.74) is 8.91. The fourth-order valence-corrected chi connectivity index (χ4v) is 2.21. The number of nitrogen functional groups attached to an aromatic ring is 1. The minimum Gasteiger partial charge on any atom is -0.481 e. The molecule has 1 aromatic carbocycles. The van der Waals surface area contributed by atoms with Crippen LogP contribution < -0.4 is 11.3 Å². The number of carboxylic acid groups (broad SMARTS) is 1. The number of carboxylic acids is 1. The smallest absolute Gasteiger partial charge is 0.300 e. The van der Waals surface area contributed by atoms with Crippen molar-refractivity contribution in [3.05, 3.63) is 51.4 Å². The predicted molar refractivity (Wildman–Crippen MR) is 92.9 cm³/mol. The number of para-hydroxylation sites is 1. The molecule has 1 aliphatic heterocycles. The Morgan fingerprint density at radius 1 is 1.42 bits per heavy atom. The zero-order chi connectivity index (χ0) is 17.9. The number of allylic oxidation sites excluding steroid dienone is 1. The van der Waals surface area contributed by atoms with Crippen LogP contribution in [0.1, 0.15) is 23.7 Å². The van der Waals surface area contributed by atoms with Crippen LogP contribution in [0.15, 0.2) is 34.1 Å². The standard InChI is InChI=1S/C14H13N5O.C2H4O2/c1-8-11(13(20)19(18-8)14(15)16)6-9-7-17-12-5-3-2-4-10(9)12;1-2(3)4/h2-7,18H,1H3,(H3,15,16);1H3,(H,3,4)/b9-6+;. The molecule has 24 heavy (non-hydrogen) atoms. The van der Waals surface area contributed by atoms with E-state index in [4.69, 9.17) is 21.0 Å². The van der Waals surface area contributed by atoms with E-state index < -0.39 is 5.97 Å². The number of hydrogen-bond acceptors (Lipinski definition) is 4. The highest BCUT2D eigenvalue weighted by atomic mass is 16.4. The molecule has 5 N–H and O–H groups in total. The van der Waals surface area contributed by atoms with Gasteiger partial charge in [-0.25, -0.2) is 0 Å². The molecule has 0 radical (unpaired) electrons. The number of rotatable bonds is 1. The number of aryl methyl sites for hydroxylation is 1. The molecular weight excluding hydrogens is 310 g/mol.